The zero-order valence-electron chi connectivity index (χ0n) is 13.9. The number of ether oxygens (including phenoxy) is 1. The molecule has 0 unspecified atom stereocenters. The Kier molecular flexibility index (Phi) is 6.08. The van der Waals surface area contributed by atoms with Crippen molar-refractivity contribution in [1.82, 2.24) is 20.2 Å². The van der Waals surface area contributed by atoms with Gasteiger partial charge in [-0.25, -0.2) is 0 Å². The van der Waals surface area contributed by atoms with Gasteiger partial charge in [-0.2, -0.15) is 4.68 Å². The van der Waals surface area contributed by atoms with Crippen LogP contribution in [0.4, 0.5) is 5.69 Å². The lowest BCUT2D eigenvalue weighted by Crippen LogP contribution is -2.15. The third kappa shape index (κ3) is 4.33. The Morgan fingerprint density at radius 3 is 2.81 bits per heavy atom. The minimum Gasteiger partial charge on any atom is -0.492 e. The molecule has 0 fully saturated rings. The van der Waals surface area contributed by atoms with E-state index in [2.05, 4.69) is 20.8 Å². The lowest BCUT2D eigenvalue weighted by atomic mass is 10.3. The molecule has 0 aliphatic carbocycles. The lowest BCUT2D eigenvalue weighted by molar-refractivity contribution is -0.113. The highest BCUT2D eigenvalue weighted by Crippen LogP contribution is 2.26. The predicted octanol–water partition coefficient (Wildman–Crippen LogP) is 3.45. The summed E-state index contributed by atoms with van der Waals surface area (Å²) in [7, 11) is 0. The van der Waals surface area contributed by atoms with E-state index >= 15 is 0 Å². The van der Waals surface area contributed by atoms with Crippen molar-refractivity contribution in [2.24, 2.45) is 0 Å². The molecule has 0 spiro atoms. The molecule has 1 heterocycles. The Labute approximate surface area is 159 Å². The maximum Gasteiger partial charge on any atom is 0.234 e. The van der Waals surface area contributed by atoms with Gasteiger partial charge in [-0.1, -0.05) is 47.6 Å². The van der Waals surface area contributed by atoms with Gasteiger partial charge in [-0.15, -0.1) is 5.10 Å². The molecule has 2 aromatic carbocycles. The van der Waals surface area contributed by atoms with Crippen LogP contribution in [-0.2, 0) is 4.79 Å². The van der Waals surface area contributed by atoms with Crippen LogP contribution in [0.1, 0.15) is 6.92 Å². The molecule has 1 amide bonds. The fourth-order valence-corrected chi connectivity index (χ4v) is 3.08. The molecule has 0 aliphatic heterocycles. The number of carbonyl (C=O) groups is 1. The van der Waals surface area contributed by atoms with Crippen LogP contribution in [0, 0.1) is 0 Å². The number of halogens is 1. The van der Waals surface area contributed by atoms with Crippen molar-refractivity contribution >= 4 is 35.0 Å². The zero-order valence-corrected chi connectivity index (χ0v) is 15.5. The van der Waals surface area contributed by atoms with E-state index in [1.807, 2.05) is 31.2 Å². The molecule has 0 saturated heterocycles. The van der Waals surface area contributed by atoms with Crippen LogP contribution in [0.25, 0.3) is 5.69 Å². The van der Waals surface area contributed by atoms with Gasteiger partial charge in [0.15, 0.2) is 0 Å². The van der Waals surface area contributed by atoms with E-state index in [-0.39, 0.29) is 11.7 Å². The molecule has 3 aromatic rings. The van der Waals surface area contributed by atoms with Crippen molar-refractivity contribution in [2.75, 3.05) is 17.7 Å². The Hall–Kier alpha value is -2.58. The summed E-state index contributed by atoms with van der Waals surface area (Å²) in [6, 6.07) is 14.5. The number of amides is 1. The van der Waals surface area contributed by atoms with Crippen LogP contribution in [-0.4, -0.2) is 38.5 Å². The maximum absolute atomic E-state index is 12.2. The second-order valence-electron chi connectivity index (χ2n) is 5.09. The number of carbonyl (C=O) groups excluding carboxylic acids is 1. The summed E-state index contributed by atoms with van der Waals surface area (Å²) in [4.78, 5) is 12.2. The number of aromatic nitrogens is 4. The highest BCUT2D eigenvalue weighted by Gasteiger charge is 2.15. The van der Waals surface area contributed by atoms with E-state index in [1.54, 1.807) is 28.9 Å². The Morgan fingerprint density at radius 1 is 1.23 bits per heavy atom. The predicted molar refractivity (Wildman–Crippen MR) is 101 cm³/mol. The summed E-state index contributed by atoms with van der Waals surface area (Å²) >= 11 is 7.27. The largest absolute Gasteiger partial charge is 0.492 e. The average molecular weight is 390 g/mol. The van der Waals surface area contributed by atoms with Gasteiger partial charge in [0.05, 0.1) is 23.1 Å². The first-order valence-electron chi connectivity index (χ1n) is 7.86. The fourth-order valence-electron chi connectivity index (χ4n) is 2.21. The minimum absolute atomic E-state index is 0.141. The van der Waals surface area contributed by atoms with Crippen LogP contribution in [0.2, 0.25) is 5.02 Å². The minimum atomic E-state index is -0.198. The quantitative estimate of drug-likeness (QED) is 0.623. The van der Waals surface area contributed by atoms with Gasteiger partial charge < -0.3 is 10.1 Å². The van der Waals surface area contributed by atoms with Crippen LogP contribution < -0.4 is 10.1 Å². The van der Waals surface area contributed by atoms with Crippen LogP contribution in [0.3, 0.4) is 0 Å². The van der Waals surface area contributed by atoms with Crippen molar-refractivity contribution in [3.8, 4) is 11.4 Å². The second-order valence-corrected chi connectivity index (χ2v) is 6.44. The van der Waals surface area contributed by atoms with Crippen molar-refractivity contribution in [2.45, 2.75) is 12.1 Å². The fraction of sp³-hybridized carbons (Fsp3) is 0.176. The first kappa shape index (κ1) is 18.2. The molecule has 26 heavy (non-hydrogen) atoms. The summed E-state index contributed by atoms with van der Waals surface area (Å²) < 4.78 is 7.17. The van der Waals surface area contributed by atoms with Gasteiger partial charge in [0.25, 0.3) is 0 Å². The molecule has 0 bridgehead atoms. The van der Waals surface area contributed by atoms with Crippen LogP contribution in [0.5, 0.6) is 5.75 Å². The number of nitrogens with zero attached hydrogens (tertiary/aromatic N) is 4. The molecule has 9 heteroatoms. The highest BCUT2D eigenvalue weighted by molar-refractivity contribution is 7.99. The van der Waals surface area contributed by atoms with E-state index in [0.29, 0.717) is 33.9 Å². The normalized spacial score (nSPS) is 10.5. The van der Waals surface area contributed by atoms with E-state index in [9.17, 15) is 4.79 Å². The zero-order chi connectivity index (χ0) is 18.4. The number of anilines is 1. The van der Waals surface area contributed by atoms with Gasteiger partial charge in [0.2, 0.25) is 11.1 Å². The van der Waals surface area contributed by atoms with Crippen molar-refractivity contribution in [1.29, 1.82) is 0 Å². The molecule has 134 valence electrons. The van der Waals surface area contributed by atoms with Crippen LogP contribution >= 0.6 is 23.4 Å². The molecule has 0 aliphatic rings. The van der Waals surface area contributed by atoms with E-state index in [0.717, 1.165) is 0 Å². The van der Waals surface area contributed by atoms with Gasteiger partial charge in [-0.05, 0) is 41.6 Å². The van der Waals surface area contributed by atoms with Crippen LogP contribution in [0.15, 0.2) is 53.7 Å². The number of rotatable bonds is 7. The Morgan fingerprint density at radius 2 is 2.00 bits per heavy atom. The van der Waals surface area contributed by atoms with Crippen molar-refractivity contribution in [3.05, 3.63) is 53.6 Å². The van der Waals surface area contributed by atoms with E-state index in [1.165, 1.54) is 11.8 Å². The number of thioether (sulfide) groups is 1. The van der Waals surface area contributed by atoms with E-state index < -0.39 is 0 Å². The molecule has 0 radical (unpaired) electrons. The molecule has 7 nitrogen and oxygen atoms in total. The summed E-state index contributed by atoms with van der Waals surface area (Å²) in [6.45, 7) is 2.44. The topological polar surface area (TPSA) is 81.9 Å². The SMILES string of the molecule is CCOc1ccccc1-n1nnnc1SCC(=O)Nc1ccccc1Cl. The molecule has 0 atom stereocenters. The number of tetrazole rings is 1. The van der Waals surface area contributed by atoms with Gasteiger partial charge >= 0.3 is 0 Å². The molecular formula is C17H16ClN5O2S. The number of hydrogen-bond donors (Lipinski definition) is 1. The number of para-hydroxylation sites is 3. The number of hydrogen-bond acceptors (Lipinski definition) is 6. The molecule has 1 aromatic heterocycles. The summed E-state index contributed by atoms with van der Waals surface area (Å²) in [5.41, 5.74) is 1.29. The second kappa shape index (κ2) is 8.68. The number of nitrogens with one attached hydrogen (secondary N) is 1. The smallest absolute Gasteiger partial charge is 0.234 e. The van der Waals surface area contributed by atoms with Gasteiger partial charge in [0, 0.05) is 0 Å². The third-order valence-electron chi connectivity index (χ3n) is 3.31. The highest BCUT2D eigenvalue weighted by atomic mass is 35.5. The molecule has 0 saturated carbocycles. The van der Waals surface area contributed by atoms with Crippen molar-refractivity contribution in [3.63, 3.8) is 0 Å². The lowest BCUT2D eigenvalue weighted by Gasteiger charge is -2.10. The molecule has 3 rings (SSSR count). The summed E-state index contributed by atoms with van der Waals surface area (Å²) in [5, 5.41) is 15.5. The average Bonchev–Trinajstić information content (AvgIpc) is 3.11. The first-order valence-corrected chi connectivity index (χ1v) is 9.23. The summed E-state index contributed by atoms with van der Waals surface area (Å²) in [5.74, 6) is 0.614. The summed E-state index contributed by atoms with van der Waals surface area (Å²) in [6.07, 6.45) is 0. The monoisotopic (exact) mass is 389 g/mol. The third-order valence-corrected chi connectivity index (χ3v) is 4.56. The van der Waals surface area contributed by atoms with Gasteiger partial charge in [0.1, 0.15) is 11.4 Å². The first-order chi connectivity index (χ1) is 12.7. The standard InChI is InChI=1S/C17H16ClN5O2S/c1-2-25-15-10-6-5-9-14(15)23-17(20-21-22-23)26-11-16(24)19-13-8-4-3-7-12(13)18/h3-10H,2,11H2,1H3,(H,19,24). The van der Waals surface area contributed by atoms with Crippen molar-refractivity contribution < 1.29 is 9.53 Å². The van der Waals surface area contributed by atoms with Gasteiger partial charge in [-0.3, -0.25) is 4.79 Å². The molecule has 1 N–H and O–H groups in total. The van der Waals surface area contributed by atoms with E-state index in [4.69, 9.17) is 16.3 Å². The molecular weight excluding hydrogens is 374 g/mol. The maximum atomic E-state index is 12.2. The Bertz CT molecular complexity index is 902. The number of benzene rings is 2. The Balaban J connectivity index is 1.70.